The molecule has 0 bridgehead atoms. The van der Waals surface area contributed by atoms with Crippen LogP contribution in [0.25, 0.3) is 0 Å². The highest BCUT2D eigenvalue weighted by molar-refractivity contribution is 9.10. The molecule has 2 aromatic rings. The number of sulfonamides is 1. The molecule has 0 saturated heterocycles. The van der Waals surface area contributed by atoms with Crippen molar-refractivity contribution >= 4 is 43.2 Å². The fourth-order valence-electron chi connectivity index (χ4n) is 1.56. The largest absolute Gasteiger partial charge is 0.278 e. The maximum atomic E-state index is 12.2. The van der Waals surface area contributed by atoms with Crippen molar-refractivity contribution in [2.24, 2.45) is 0 Å². The molecule has 0 aliphatic carbocycles. The first kappa shape index (κ1) is 14.4. The lowest BCUT2D eigenvalue weighted by Gasteiger charge is -2.10. The van der Waals surface area contributed by atoms with Gasteiger partial charge in [0.25, 0.3) is 10.0 Å². The van der Waals surface area contributed by atoms with Gasteiger partial charge in [-0.05, 0) is 58.7 Å². The Morgan fingerprint density at radius 1 is 1.16 bits per heavy atom. The molecule has 19 heavy (non-hydrogen) atoms. The van der Waals surface area contributed by atoms with Crippen LogP contribution in [-0.4, -0.2) is 8.42 Å². The van der Waals surface area contributed by atoms with Gasteiger partial charge in [0.15, 0.2) is 0 Å². The van der Waals surface area contributed by atoms with Crippen molar-refractivity contribution in [1.82, 2.24) is 0 Å². The Bertz CT molecular complexity index is 716. The Morgan fingerprint density at radius 3 is 2.53 bits per heavy atom. The average molecular weight is 361 g/mol. The first-order valence-corrected chi connectivity index (χ1v) is 8.08. The van der Waals surface area contributed by atoms with Gasteiger partial charge in [-0.3, -0.25) is 4.72 Å². The van der Waals surface area contributed by atoms with Gasteiger partial charge in [0.05, 0.1) is 10.6 Å². The lowest BCUT2D eigenvalue weighted by molar-refractivity contribution is 0.601. The summed E-state index contributed by atoms with van der Waals surface area (Å²) >= 11 is 9.09. The van der Waals surface area contributed by atoms with Gasteiger partial charge in [-0.25, -0.2) is 8.42 Å². The summed E-state index contributed by atoms with van der Waals surface area (Å²) in [6.07, 6.45) is 0. The van der Waals surface area contributed by atoms with Gasteiger partial charge >= 0.3 is 0 Å². The number of anilines is 1. The van der Waals surface area contributed by atoms with Crippen LogP contribution in [0, 0.1) is 6.92 Å². The zero-order valence-electron chi connectivity index (χ0n) is 10.0. The van der Waals surface area contributed by atoms with E-state index in [1.807, 2.05) is 13.0 Å². The van der Waals surface area contributed by atoms with Gasteiger partial charge in [-0.2, -0.15) is 0 Å². The molecular formula is C13H11BrClNO2S. The molecule has 0 aliphatic heterocycles. The smallest absolute Gasteiger partial charge is 0.261 e. The molecule has 0 radical (unpaired) electrons. The summed E-state index contributed by atoms with van der Waals surface area (Å²) in [6.45, 7) is 1.84. The number of nitrogens with one attached hydrogen (secondary N) is 1. The van der Waals surface area contributed by atoms with Crippen molar-refractivity contribution < 1.29 is 8.42 Å². The van der Waals surface area contributed by atoms with Crippen LogP contribution in [0.1, 0.15) is 5.56 Å². The fourth-order valence-corrected chi connectivity index (χ4v) is 3.66. The second-order valence-electron chi connectivity index (χ2n) is 4.05. The summed E-state index contributed by atoms with van der Waals surface area (Å²) in [5.41, 5.74) is 1.34. The SMILES string of the molecule is Cc1cccc(S(=O)(=O)Nc2ccc(Cl)cc2Br)c1. The van der Waals surface area contributed by atoms with E-state index < -0.39 is 10.0 Å². The van der Waals surface area contributed by atoms with Gasteiger partial charge in [0, 0.05) is 9.50 Å². The summed E-state index contributed by atoms with van der Waals surface area (Å²) in [4.78, 5) is 0.231. The Kier molecular flexibility index (Phi) is 4.18. The van der Waals surface area contributed by atoms with Gasteiger partial charge < -0.3 is 0 Å². The van der Waals surface area contributed by atoms with Crippen LogP contribution >= 0.6 is 27.5 Å². The highest BCUT2D eigenvalue weighted by Gasteiger charge is 2.15. The molecule has 6 heteroatoms. The zero-order chi connectivity index (χ0) is 14.0. The topological polar surface area (TPSA) is 46.2 Å². The minimum atomic E-state index is -3.59. The lowest BCUT2D eigenvalue weighted by atomic mass is 10.2. The standard InChI is InChI=1S/C13H11BrClNO2S/c1-9-3-2-4-11(7-9)19(17,18)16-13-6-5-10(15)8-12(13)14/h2-8,16H,1H3. The number of aryl methyl sites for hydroxylation is 1. The van der Waals surface area contributed by atoms with Crippen molar-refractivity contribution in [3.05, 3.63) is 57.5 Å². The summed E-state index contributed by atoms with van der Waals surface area (Å²) in [6, 6.07) is 11.6. The predicted molar refractivity (Wildman–Crippen MR) is 81.1 cm³/mol. The van der Waals surface area contributed by atoms with E-state index in [4.69, 9.17) is 11.6 Å². The van der Waals surface area contributed by atoms with Crippen LogP contribution in [0.2, 0.25) is 5.02 Å². The zero-order valence-corrected chi connectivity index (χ0v) is 13.2. The Balaban J connectivity index is 2.36. The van der Waals surface area contributed by atoms with Crippen LogP contribution in [-0.2, 0) is 10.0 Å². The minimum Gasteiger partial charge on any atom is -0.278 e. The highest BCUT2D eigenvalue weighted by Crippen LogP contribution is 2.28. The third kappa shape index (κ3) is 3.49. The summed E-state index contributed by atoms with van der Waals surface area (Å²) in [5.74, 6) is 0. The number of hydrogen-bond acceptors (Lipinski definition) is 2. The van der Waals surface area contributed by atoms with Crippen LogP contribution in [0.15, 0.2) is 51.8 Å². The van der Waals surface area contributed by atoms with Crippen molar-refractivity contribution in [1.29, 1.82) is 0 Å². The Morgan fingerprint density at radius 2 is 1.89 bits per heavy atom. The maximum Gasteiger partial charge on any atom is 0.261 e. The molecule has 0 spiro atoms. The van der Waals surface area contributed by atoms with Gasteiger partial charge in [0.1, 0.15) is 0 Å². The number of rotatable bonds is 3. The van der Waals surface area contributed by atoms with Crippen molar-refractivity contribution in [3.63, 3.8) is 0 Å². The van der Waals surface area contributed by atoms with Crippen LogP contribution in [0.3, 0.4) is 0 Å². The lowest BCUT2D eigenvalue weighted by Crippen LogP contribution is -2.13. The van der Waals surface area contributed by atoms with E-state index in [2.05, 4.69) is 20.7 Å². The molecule has 1 N–H and O–H groups in total. The molecule has 3 nitrogen and oxygen atoms in total. The van der Waals surface area contributed by atoms with Gasteiger partial charge in [-0.1, -0.05) is 23.7 Å². The van der Waals surface area contributed by atoms with E-state index in [1.54, 1.807) is 36.4 Å². The van der Waals surface area contributed by atoms with Crippen LogP contribution in [0.5, 0.6) is 0 Å². The second kappa shape index (κ2) is 5.53. The van der Waals surface area contributed by atoms with E-state index in [0.717, 1.165) is 5.56 Å². The van der Waals surface area contributed by atoms with E-state index in [9.17, 15) is 8.42 Å². The first-order valence-electron chi connectivity index (χ1n) is 5.43. The maximum absolute atomic E-state index is 12.2. The van der Waals surface area contributed by atoms with Crippen LogP contribution in [0.4, 0.5) is 5.69 Å². The molecular weight excluding hydrogens is 350 g/mol. The average Bonchev–Trinajstić information content (AvgIpc) is 2.33. The summed E-state index contributed by atoms with van der Waals surface area (Å²) < 4.78 is 27.6. The van der Waals surface area contributed by atoms with E-state index >= 15 is 0 Å². The van der Waals surface area contributed by atoms with Crippen molar-refractivity contribution in [3.8, 4) is 0 Å². The molecule has 0 atom stereocenters. The van der Waals surface area contributed by atoms with E-state index in [1.165, 1.54) is 0 Å². The molecule has 2 rings (SSSR count). The monoisotopic (exact) mass is 359 g/mol. The molecule has 0 aromatic heterocycles. The third-order valence-corrected chi connectivity index (χ3v) is 4.73. The van der Waals surface area contributed by atoms with Gasteiger partial charge in [0.2, 0.25) is 0 Å². The molecule has 0 unspecified atom stereocenters. The van der Waals surface area contributed by atoms with Crippen molar-refractivity contribution in [2.45, 2.75) is 11.8 Å². The molecule has 0 heterocycles. The second-order valence-corrected chi connectivity index (χ2v) is 7.02. The third-order valence-electron chi connectivity index (χ3n) is 2.48. The number of hydrogen-bond donors (Lipinski definition) is 1. The Labute approximate surface area is 125 Å². The normalized spacial score (nSPS) is 11.3. The molecule has 100 valence electrons. The van der Waals surface area contributed by atoms with Gasteiger partial charge in [-0.15, -0.1) is 0 Å². The molecule has 2 aromatic carbocycles. The number of halogens is 2. The molecule has 0 aliphatic rings. The number of benzene rings is 2. The highest BCUT2D eigenvalue weighted by atomic mass is 79.9. The molecule has 0 amide bonds. The predicted octanol–water partition coefficient (Wildman–Crippen LogP) is 4.21. The molecule has 0 saturated carbocycles. The first-order chi connectivity index (χ1) is 8.88. The quantitative estimate of drug-likeness (QED) is 0.891. The van der Waals surface area contributed by atoms with Crippen LogP contribution < -0.4 is 4.72 Å². The molecule has 0 fully saturated rings. The van der Waals surface area contributed by atoms with Crippen molar-refractivity contribution in [2.75, 3.05) is 4.72 Å². The summed E-state index contributed by atoms with van der Waals surface area (Å²) in [5, 5.41) is 0.533. The minimum absolute atomic E-state index is 0.231. The summed E-state index contributed by atoms with van der Waals surface area (Å²) in [7, 11) is -3.59. The Hall–Kier alpha value is -1.04. The fraction of sp³-hybridized carbons (Fsp3) is 0.0769. The van der Waals surface area contributed by atoms with E-state index in [-0.39, 0.29) is 4.90 Å². The van der Waals surface area contributed by atoms with E-state index in [0.29, 0.717) is 15.2 Å².